The molecule has 0 radical (unpaired) electrons. The van der Waals surface area contributed by atoms with Crippen molar-refractivity contribution in [2.24, 2.45) is 5.10 Å². The van der Waals surface area contributed by atoms with Gasteiger partial charge in [-0.2, -0.15) is 5.10 Å². The fourth-order valence-corrected chi connectivity index (χ4v) is 3.25. The molecule has 0 aliphatic heterocycles. The molecule has 4 rings (SSSR count). The molecule has 0 aliphatic carbocycles. The summed E-state index contributed by atoms with van der Waals surface area (Å²) in [4.78, 5) is 1.87. The minimum absolute atomic E-state index is 0.300. The molecule has 0 spiro atoms. The van der Waals surface area contributed by atoms with Crippen LogP contribution in [0.5, 0.6) is 0 Å². The molecule has 0 fully saturated rings. The Morgan fingerprint density at radius 2 is 1.48 bits per heavy atom. The Morgan fingerprint density at radius 1 is 0.759 bits per heavy atom. The number of fused-ring (bicyclic) bond motifs is 1. The van der Waals surface area contributed by atoms with E-state index in [1.54, 1.807) is 12.3 Å². The Labute approximate surface area is 170 Å². The van der Waals surface area contributed by atoms with Gasteiger partial charge in [0.25, 0.3) is 0 Å². The largest absolute Gasteiger partial charge is 0.378 e. The highest BCUT2D eigenvalue weighted by Crippen LogP contribution is 2.32. The molecule has 0 saturated carbocycles. The fourth-order valence-electron chi connectivity index (χ4n) is 3.25. The summed E-state index contributed by atoms with van der Waals surface area (Å²) in [5.74, 6) is -0.300. The van der Waals surface area contributed by atoms with E-state index in [0.717, 1.165) is 27.8 Å². The standard InChI is InChI=1S/C25H22FN3/c1-28(2)22-16-15-20(24(26)17-22)18-27-29(21-11-4-3-5-12-21)25-14-8-10-19-9-6-7-13-23(19)25/h3-18H,1-2H3/b27-18+. The van der Waals surface area contributed by atoms with E-state index in [-0.39, 0.29) is 5.82 Å². The SMILES string of the molecule is CN(C)c1ccc(/C=N/N(c2ccccc2)c2cccc3ccccc23)c(F)c1. The number of halogens is 1. The number of para-hydroxylation sites is 1. The Kier molecular flexibility index (Phi) is 5.25. The highest BCUT2D eigenvalue weighted by atomic mass is 19.1. The van der Waals surface area contributed by atoms with E-state index in [4.69, 9.17) is 0 Å². The number of hydrazone groups is 1. The van der Waals surface area contributed by atoms with E-state index in [1.165, 1.54) is 6.07 Å². The maximum atomic E-state index is 14.6. The van der Waals surface area contributed by atoms with E-state index >= 15 is 0 Å². The maximum absolute atomic E-state index is 14.6. The van der Waals surface area contributed by atoms with Gasteiger partial charge >= 0.3 is 0 Å². The van der Waals surface area contributed by atoms with Crippen molar-refractivity contribution in [3.8, 4) is 0 Å². The Morgan fingerprint density at radius 3 is 2.24 bits per heavy atom. The minimum Gasteiger partial charge on any atom is -0.378 e. The fraction of sp³-hybridized carbons (Fsp3) is 0.0800. The van der Waals surface area contributed by atoms with E-state index in [0.29, 0.717) is 5.56 Å². The summed E-state index contributed by atoms with van der Waals surface area (Å²) in [5, 5.41) is 8.73. The van der Waals surface area contributed by atoms with Gasteiger partial charge in [-0.05, 0) is 41.8 Å². The molecule has 3 nitrogen and oxygen atoms in total. The zero-order valence-electron chi connectivity index (χ0n) is 16.5. The second-order valence-electron chi connectivity index (χ2n) is 6.99. The first-order valence-corrected chi connectivity index (χ1v) is 9.47. The number of hydrogen-bond acceptors (Lipinski definition) is 3. The molecule has 4 aromatic rings. The molecule has 0 saturated heterocycles. The van der Waals surface area contributed by atoms with Crippen molar-refractivity contribution in [3.05, 3.63) is 102 Å². The summed E-state index contributed by atoms with van der Waals surface area (Å²) in [5.41, 5.74) is 3.10. The van der Waals surface area contributed by atoms with Crippen molar-refractivity contribution in [2.45, 2.75) is 0 Å². The summed E-state index contributed by atoms with van der Waals surface area (Å²) in [7, 11) is 3.78. The van der Waals surface area contributed by atoms with Crippen molar-refractivity contribution in [2.75, 3.05) is 24.0 Å². The van der Waals surface area contributed by atoms with Crippen molar-refractivity contribution < 1.29 is 4.39 Å². The van der Waals surface area contributed by atoms with Crippen LogP contribution in [0, 0.1) is 5.82 Å². The van der Waals surface area contributed by atoms with Crippen molar-refractivity contribution in [1.29, 1.82) is 0 Å². The van der Waals surface area contributed by atoms with Crippen molar-refractivity contribution in [3.63, 3.8) is 0 Å². The predicted molar refractivity (Wildman–Crippen MR) is 121 cm³/mol. The van der Waals surface area contributed by atoms with Crippen molar-refractivity contribution in [1.82, 2.24) is 0 Å². The first-order valence-electron chi connectivity index (χ1n) is 9.47. The summed E-state index contributed by atoms with van der Waals surface area (Å²) in [6.07, 6.45) is 1.57. The molecule has 0 heterocycles. The lowest BCUT2D eigenvalue weighted by Crippen LogP contribution is -2.11. The normalized spacial score (nSPS) is 11.1. The molecular formula is C25H22FN3. The van der Waals surface area contributed by atoms with Crippen LogP contribution < -0.4 is 9.91 Å². The molecule has 0 aliphatic rings. The van der Waals surface area contributed by atoms with E-state index in [9.17, 15) is 4.39 Å². The molecule has 4 aromatic carbocycles. The molecule has 4 heteroatoms. The molecule has 144 valence electrons. The number of hydrogen-bond donors (Lipinski definition) is 0. The van der Waals surface area contributed by atoms with E-state index in [1.807, 2.05) is 84.7 Å². The summed E-state index contributed by atoms with van der Waals surface area (Å²) >= 11 is 0. The second kappa shape index (κ2) is 8.15. The number of benzene rings is 4. The predicted octanol–water partition coefficient (Wildman–Crippen LogP) is 6.22. The van der Waals surface area contributed by atoms with Crippen LogP contribution >= 0.6 is 0 Å². The van der Waals surface area contributed by atoms with Gasteiger partial charge < -0.3 is 4.90 Å². The third-order valence-corrected chi connectivity index (χ3v) is 4.81. The van der Waals surface area contributed by atoms with Crippen LogP contribution in [0.25, 0.3) is 10.8 Å². The zero-order valence-corrected chi connectivity index (χ0v) is 16.5. The zero-order chi connectivity index (χ0) is 20.2. The molecule has 0 aromatic heterocycles. The van der Waals surface area contributed by atoms with Crippen LogP contribution in [0.2, 0.25) is 0 Å². The number of rotatable bonds is 5. The van der Waals surface area contributed by atoms with Crippen LogP contribution in [0.1, 0.15) is 5.56 Å². The summed E-state index contributed by atoms with van der Waals surface area (Å²) < 4.78 is 14.6. The lowest BCUT2D eigenvalue weighted by Gasteiger charge is -2.21. The van der Waals surface area contributed by atoms with Gasteiger partial charge in [-0.1, -0.05) is 54.6 Å². The van der Waals surface area contributed by atoms with Gasteiger partial charge in [0.1, 0.15) is 5.82 Å². The molecule has 0 atom stereocenters. The van der Waals surface area contributed by atoms with Gasteiger partial charge in [-0.3, -0.25) is 0 Å². The Balaban J connectivity index is 1.79. The molecule has 0 N–H and O–H groups in total. The highest BCUT2D eigenvalue weighted by molar-refractivity contribution is 5.96. The molecular weight excluding hydrogens is 361 g/mol. The summed E-state index contributed by atoms with van der Waals surface area (Å²) in [6.45, 7) is 0. The van der Waals surface area contributed by atoms with Gasteiger partial charge in [0.15, 0.2) is 0 Å². The third-order valence-electron chi connectivity index (χ3n) is 4.81. The van der Waals surface area contributed by atoms with Crippen molar-refractivity contribution >= 4 is 34.0 Å². The molecule has 29 heavy (non-hydrogen) atoms. The average molecular weight is 383 g/mol. The molecule has 0 bridgehead atoms. The van der Waals surface area contributed by atoms with Crippen LogP contribution in [-0.2, 0) is 0 Å². The smallest absolute Gasteiger partial charge is 0.134 e. The first kappa shape index (κ1) is 18.7. The highest BCUT2D eigenvalue weighted by Gasteiger charge is 2.12. The second-order valence-corrected chi connectivity index (χ2v) is 6.99. The van der Waals surface area contributed by atoms with Gasteiger partial charge in [-0.25, -0.2) is 9.40 Å². The number of anilines is 3. The van der Waals surface area contributed by atoms with E-state index in [2.05, 4.69) is 23.3 Å². The van der Waals surface area contributed by atoms with Gasteiger partial charge in [0.2, 0.25) is 0 Å². The van der Waals surface area contributed by atoms with Crippen LogP contribution in [0.3, 0.4) is 0 Å². The average Bonchev–Trinajstić information content (AvgIpc) is 2.75. The van der Waals surface area contributed by atoms with Gasteiger partial charge in [0, 0.05) is 30.7 Å². The molecule has 0 amide bonds. The Hall–Kier alpha value is -3.66. The monoisotopic (exact) mass is 383 g/mol. The summed E-state index contributed by atoms with van der Waals surface area (Å²) in [6, 6.07) is 29.3. The molecule has 0 unspecified atom stereocenters. The van der Waals surface area contributed by atoms with Gasteiger partial charge in [-0.15, -0.1) is 0 Å². The Bertz CT molecular complexity index is 1150. The topological polar surface area (TPSA) is 18.8 Å². The number of nitrogens with zero attached hydrogens (tertiary/aromatic N) is 3. The first-order chi connectivity index (χ1) is 14.1. The van der Waals surface area contributed by atoms with Crippen LogP contribution in [-0.4, -0.2) is 20.3 Å². The lowest BCUT2D eigenvalue weighted by atomic mass is 10.1. The van der Waals surface area contributed by atoms with Gasteiger partial charge in [0.05, 0.1) is 17.6 Å². The lowest BCUT2D eigenvalue weighted by molar-refractivity contribution is 0.625. The minimum atomic E-state index is -0.300. The van der Waals surface area contributed by atoms with Crippen LogP contribution in [0.15, 0.2) is 96.1 Å². The third kappa shape index (κ3) is 3.97. The quantitative estimate of drug-likeness (QED) is 0.301. The van der Waals surface area contributed by atoms with Crippen LogP contribution in [0.4, 0.5) is 21.5 Å². The van der Waals surface area contributed by atoms with E-state index < -0.39 is 0 Å². The maximum Gasteiger partial charge on any atom is 0.134 e.